The molecule has 0 heterocycles. The van der Waals surface area contributed by atoms with Gasteiger partial charge >= 0.3 is 0 Å². The molecule has 26 heavy (non-hydrogen) atoms. The van der Waals surface area contributed by atoms with Crippen molar-refractivity contribution in [2.24, 2.45) is 0 Å². The van der Waals surface area contributed by atoms with Gasteiger partial charge in [0.05, 0.1) is 11.6 Å². The fourth-order valence-corrected chi connectivity index (χ4v) is 3.00. The molecule has 0 atom stereocenters. The van der Waals surface area contributed by atoms with Crippen LogP contribution in [-0.4, -0.2) is 12.5 Å². The van der Waals surface area contributed by atoms with E-state index in [0.29, 0.717) is 33.7 Å². The van der Waals surface area contributed by atoms with Crippen molar-refractivity contribution in [1.82, 2.24) is 0 Å². The lowest BCUT2D eigenvalue weighted by atomic mass is 10.1. The summed E-state index contributed by atoms with van der Waals surface area (Å²) in [7, 11) is 0. The quantitative estimate of drug-likeness (QED) is 0.538. The lowest BCUT2D eigenvalue weighted by molar-refractivity contribution is -0.112. The molecule has 6 heteroatoms. The van der Waals surface area contributed by atoms with Crippen LogP contribution in [0.15, 0.2) is 35.9 Å². The maximum atomic E-state index is 12.5. The van der Waals surface area contributed by atoms with Crippen molar-refractivity contribution in [2.45, 2.75) is 20.8 Å². The van der Waals surface area contributed by atoms with Gasteiger partial charge in [-0.1, -0.05) is 40.9 Å². The number of halogens is 2. The third-order valence-electron chi connectivity index (χ3n) is 3.62. The summed E-state index contributed by atoms with van der Waals surface area (Å²) < 4.78 is 5.52. The number of nitriles is 1. The minimum Gasteiger partial charge on any atom is -0.492 e. The predicted molar refractivity (Wildman–Crippen MR) is 106 cm³/mol. The lowest BCUT2D eigenvalue weighted by Gasteiger charge is -2.11. The van der Waals surface area contributed by atoms with Crippen LogP contribution in [0, 0.1) is 25.2 Å². The standard InChI is InChI=1S/C20H18Cl2N2O2/c1-4-26-19-14(9-16(21)10-17(19)22)8-15(11-23)20(25)24-18-6-5-12(2)7-13(18)3/h5-10H,4H2,1-3H3,(H,24,25)/b15-8+. The largest absolute Gasteiger partial charge is 0.492 e. The first-order valence-electron chi connectivity index (χ1n) is 7.98. The molecule has 2 aromatic rings. The van der Waals surface area contributed by atoms with Crippen LogP contribution in [0.3, 0.4) is 0 Å². The van der Waals surface area contributed by atoms with E-state index in [9.17, 15) is 10.1 Å². The highest BCUT2D eigenvalue weighted by Gasteiger charge is 2.15. The highest BCUT2D eigenvalue weighted by atomic mass is 35.5. The summed E-state index contributed by atoms with van der Waals surface area (Å²) in [6.07, 6.45) is 1.42. The molecule has 0 spiro atoms. The third kappa shape index (κ3) is 4.78. The molecular weight excluding hydrogens is 371 g/mol. The predicted octanol–water partition coefficient (Wildman–Crippen LogP) is 5.55. The first-order chi connectivity index (χ1) is 12.3. The average molecular weight is 389 g/mol. The van der Waals surface area contributed by atoms with Crippen molar-refractivity contribution in [2.75, 3.05) is 11.9 Å². The van der Waals surface area contributed by atoms with Crippen LogP contribution in [0.2, 0.25) is 10.0 Å². The number of nitrogens with one attached hydrogen (secondary N) is 1. The topological polar surface area (TPSA) is 62.1 Å². The second-order valence-corrected chi connectivity index (χ2v) is 6.52. The average Bonchev–Trinajstić information content (AvgIpc) is 2.57. The van der Waals surface area contributed by atoms with Gasteiger partial charge in [-0.2, -0.15) is 5.26 Å². The Kier molecular flexibility index (Phi) is 6.68. The van der Waals surface area contributed by atoms with E-state index in [0.717, 1.165) is 11.1 Å². The molecule has 0 aliphatic rings. The number of carbonyl (C=O) groups is 1. The number of hydrogen-bond donors (Lipinski definition) is 1. The van der Waals surface area contributed by atoms with Gasteiger partial charge in [-0.05, 0) is 50.6 Å². The van der Waals surface area contributed by atoms with Crippen molar-refractivity contribution in [1.29, 1.82) is 5.26 Å². The Bertz CT molecular complexity index is 915. The molecule has 2 aromatic carbocycles. The molecule has 0 bridgehead atoms. The highest BCUT2D eigenvalue weighted by Crippen LogP contribution is 2.34. The van der Waals surface area contributed by atoms with E-state index in [1.807, 2.05) is 39.0 Å². The molecule has 1 amide bonds. The van der Waals surface area contributed by atoms with Crippen molar-refractivity contribution in [3.8, 4) is 11.8 Å². The Labute approximate surface area is 163 Å². The van der Waals surface area contributed by atoms with E-state index in [1.54, 1.807) is 18.2 Å². The smallest absolute Gasteiger partial charge is 0.266 e. The molecule has 0 saturated heterocycles. The van der Waals surface area contributed by atoms with E-state index in [2.05, 4.69) is 5.32 Å². The Morgan fingerprint density at radius 1 is 1.27 bits per heavy atom. The molecule has 134 valence electrons. The zero-order valence-electron chi connectivity index (χ0n) is 14.7. The van der Waals surface area contributed by atoms with Crippen molar-refractivity contribution >= 4 is 40.9 Å². The number of benzene rings is 2. The summed E-state index contributed by atoms with van der Waals surface area (Å²) in [4.78, 5) is 12.5. The van der Waals surface area contributed by atoms with Crippen LogP contribution in [0.25, 0.3) is 6.08 Å². The molecule has 0 saturated carbocycles. The molecule has 1 N–H and O–H groups in total. The fraction of sp³-hybridized carbons (Fsp3) is 0.200. The zero-order chi connectivity index (χ0) is 19.3. The number of amides is 1. The molecule has 0 radical (unpaired) electrons. The van der Waals surface area contributed by atoms with Gasteiger partial charge in [-0.25, -0.2) is 0 Å². The number of aryl methyl sites for hydroxylation is 2. The van der Waals surface area contributed by atoms with Crippen LogP contribution in [0.4, 0.5) is 5.69 Å². The Hall–Kier alpha value is -2.48. The van der Waals surface area contributed by atoms with Gasteiger partial charge in [0.15, 0.2) is 0 Å². The summed E-state index contributed by atoms with van der Waals surface area (Å²) in [5.41, 5.74) is 3.04. The second kappa shape index (κ2) is 8.75. The zero-order valence-corrected chi connectivity index (χ0v) is 16.2. The number of hydrogen-bond acceptors (Lipinski definition) is 3. The molecule has 0 fully saturated rings. The summed E-state index contributed by atoms with van der Waals surface area (Å²) in [6.45, 7) is 6.06. The SMILES string of the molecule is CCOc1c(Cl)cc(Cl)cc1/C=C(\C#N)C(=O)Nc1ccc(C)cc1C. The summed E-state index contributed by atoms with van der Waals surface area (Å²) in [5.74, 6) is -0.136. The normalized spacial score (nSPS) is 11.0. The minimum atomic E-state index is -0.516. The Balaban J connectivity index is 2.38. The van der Waals surface area contributed by atoms with Gasteiger partial charge in [0.2, 0.25) is 0 Å². The molecule has 0 aliphatic carbocycles. The van der Waals surface area contributed by atoms with Crippen LogP contribution in [0.5, 0.6) is 5.75 Å². The highest BCUT2D eigenvalue weighted by molar-refractivity contribution is 6.36. The Morgan fingerprint density at radius 2 is 2.00 bits per heavy atom. The lowest BCUT2D eigenvalue weighted by Crippen LogP contribution is -2.14. The summed E-state index contributed by atoms with van der Waals surface area (Å²) >= 11 is 12.2. The molecular formula is C20H18Cl2N2O2. The molecule has 0 unspecified atom stereocenters. The number of rotatable bonds is 5. The summed E-state index contributed by atoms with van der Waals surface area (Å²) in [5, 5.41) is 12.9. The van der Waals surface area contributed by atoms with Gasteiger partial charge in [-0.3, -0.25) is 4.79 Å². The van der Waals surface area contributed by atoms with Gasteiger partial charge in [-0.15, -0.1) is 0 Å². The first kappa shape index (κ1) is 19.8. The van der Waals surface area contributed by atoms with Gasteiger partial charge in [0.1, 0.15) is 17.4 Å². The van der Waals surface area contributed by atoms with Crippen LogP contribution in [-0.2, 0) is 4.79 Å². The van der Waals surface area contributed by atoms with E-state index in [1.165, 1.54) is 6.08 Å². The van der Waals surface area contributed by atoms with Gasteiger partial charge < -0.3 is 10.1 Å². The number of nitrogens with zero attached hydrogens (tertiary/aromatic N) is 1. The number of carbonyl (C=O) groups excluding carboxylic acids is 1. The monoisotopic (exact) mass is 388 g/mol. The number of ether oxygens (including phenoxy) is 1. The van der Waals surface area contributed by atoms with Gasteiger partial charge in [0, 0.05) is 16.3 Å². The van der Waals surface area contributed by atoms with E-state index >= 15 is 0 Å². The van der Waals surface area contributed by atoms with Gasteiger partial charge in [0.25, 0.3) is 5.91 Å². The van der Waals surface area contributed by atoms with E-state index in [-0.39, 0.29) is 5.57 Å². The fourth-order valence-electron chi connectivity index (χ4n) is 2.43. The molecule has 2 rings (SSSR count). The minimum absolute atomic E-state index is 0.0794. The van der Waals surface area contributed by atoms with Crippen molar-refractivity contribution < 1.29 is 9.53 Å². The van der Waals surface area contributed by atoms with E-state index in [4.69, 9.17) is 27.9 Å². The maximum Gasteiger partial charge on any atom is 0.266 e. The Morgan fingerprint density at radius 3 is 2.62 bits per heavy atom. The van der Waals surface area contributed by atoms with Crippen molar-refractivity contribution in [3.63, 3.8) is 0 Å². The van der Waals surface area contributed by atoms with Crippen LogP contribution in [0.1, 0.15) is 23.6 Å². The summed E-state index contributed by atoms with van der Waals surface area (Å²) in [6, 6.07) is 10.7. The molecule has 0 aliphatic heterocycles. The molecule has 0 aromatic heterocycles. The molecule has 4 nitrogen and oxygen atoms in total. The van der Waals surface area contributed by atoms with Crippen LogP contribution >= 0.6 is 23.2 Å². The third-order valence-corrected chi connectivity index (χ3v) is 4.12. The van der Waals surface area contributed by atoms with Crippen LogP contribution < -0.4 is 10.1 Å². The van der Waals surface area contributed by atoms with Crippen molar-refractivity contribution in [3.05, 3.63) is 62.6 Å². The number of anilines is 1. The maximum absolute atomic E-state index is 12.5. The van der Waals surface area contributed by atoms with E-state index < -0.39 is 5.91 Å². The first-order valence-corrected chi connectivity index (χ1v) is 8.73. The second-order valence-electron chi connectivity index (χ2n) is 5.68.